The lowest BCUT2D eigenvalue weighted by atomic mass is 10.1. The van der Waals surface area contributed by atoms with E-state index < -0.39 is 0 Å². The first-order valence-electron chi connectivity index (χ1n) is 8.45. The van der Waals surface area contributed by atoms with E-state index in [0.29, 0.717) is 22.9 Å². The Balaban J connectivity index is 2.01. The summed E-state index contributed by atoms with van der Waals surface area (Å²) in [6, 6.07) is 12.0. The molecule has 0 heterocycles. The van der Waals surface area contributed by atoms with Crippen molar-refractivity contribution >= 4 is 17.5 Å². The van der Waals surface area contributed by atoms with Gasteiger partial charge in [-0.15, -0.1) is 0 Å². The molecular weight excluding hydrogens is 348 g/mol. The molecule has 0 saturated carbocycles. The monoisotopic (exact) mass is 372 g/mol. The van der Waals surface area contributed by atoms with E-state index in [9.17, 15) is 9.59 Å². The molecule has 0 aliphatic rings. The molecule has 0 radical (unpaired) electrons. The van der Waals surface area contributed by atoms with Gasteiger partial charge in [-0.25, -0.2) is 0 Å². The number of nitrogens with one attached hydrogen (secondary N) is 2. The van der Waals surface area contributed by atoms with Crippen LogP contribution in [0.4, 0.5) is 5.69 Å². The summed E-state index contributed by atoms with van der Waals surface area (Å²) in [5.41, 5.74) is 1.31. The largest absolute Gasteiger partial charge is 0.497 e. The molecule has 0 spiro atoms. The first-order chi connectivity index (χ1) is 12.9. The Kier molecular flexibility index (Phi) is 7.05. The van der Waals surface area contributed by atoms with Crippen molar-refractivity contribution in [1.82, 2.24) is 5.32 Å². The summed E-state index contributed by atoms with van der Waals surface area (Å²) in [5.74, 6) is 1.24. The van der Waals surface area contributed by atoms with Crippen LogP contribution in [-0.2, 0) is 9.59 Å². The predicted molar refractivity (Wildman–Crippen MR) is 102 cm³/mol. The van der Waals surface area contributed by atoms with E-state index in [0.717, 1.165) is 5.56 Å². The lowest BCUT2D eigenvalue weighted by molar-refractivity contribution is -0.123. The highest BCUT2D eigenvalue weighted by atomic mass is 16.5. The molecule has 0 aliphatic heterocycles. The zero-order valence-corrected chi connectivity index (χ0v) is 15.9. The number of rotatable bonds is 8. The van der Waals surface area contributed by atoms with Crippen LogP contribution in [0, 0.1) is 0 Å². The van der Waals surface area contributed by atoms with Crippen molar-refractivity contribution < 1.29 is 23.8 Å². The van der Waals surface area contributed by atoms with Crippen LogP contribution in [0.1, 0.15) is 25.5 Å². The second-order valence-electron chi connectivity index (χ2n) is 5.86. The number of para-hydroxylation sites is 2. The number of carbonyl (C=O) groups excluding carboxylic acids is 2. The summed E-state index contributed by atoms with van der Waals surface area (Å²) in [7, 11) is 3.15. The molecule has 0 saturated heterocycles. The molecule has 7 nitrogen and oxygen atoms in total. The van der Waals surface area contributed by atoms with Crippen LogP contribution >= 0.6 is 0 Å². The Morgan fingerprint density at radius 3 is 2.44 bits per heavy atom. The van der Waals surface area contributed by atoms with Gasteiger partial charge in [0.2, 0.25) is 5.91 Å². The highest BCUT2D eigenvalue weighted by Crippen LogP contribution is 2.29. The minimum atomic E-state index is -0.309. The number of methoxy groups -OCH3 is 2. The van der Waals surface area contributed by atoms with Gasteiger partial charge in [0.1, 0.15) is 17.2 Å². The SMILES string of the molecule is COc1ccc(OC)c(C(C)NC(=O)COc2ccccc2NC(C)=O)c1. The van der Waals surface area contributed by atoms with Crippen molar-refractivity contribution in [1.29, 1.82) is 0 Å². The Morgan fingerprint density at radius 1 is 1.04 bits per heavy atom. The van der Waals surface area contributed by atoms with Crippen LogP contribution in [0.3, 0.4) is 0 Å². The Morgan fingerprint density at radius 2 is 1.78 bits per heavy atom. The van der Waals surface area contributed by atoms with Gasteiger partial charge < -0.3 is 24.8 Å². The van der Waals surface area contributed by atoms with Crippen molar-refractivity contribution in [3.63, 3.8) is 0 Å². The lowest BCUT2D eigenvalue weighted by Crippen LogP contribution is -2.31. The number of amides is 2. The van der Waals surface area contributed by atoms with Gasteiger partial charge in [0.05, 0.1) is 25.9 Å². The first-order valence-corrected chi connectivity index (χ1v) is 8.45. The van der Waals surface area contributed by atoms with E-state index in [4.69, 9.17) is 14.2 Å². The maximum absolute atomic E-state index is 12.3. The van der Waals surface area contributed by atoms with Gasteiger partial charge in [0.15, 0.2) is 6.61 Å². The smallest absolute Gasteiger partial charge is 0.258 e. The molecular formula is C20H24N2O5. The molecule has 0 aliphatic carbocycles. The quantitative estimate of drug-likeness (QED) is 0.744. The standard InChI is InChI=1S/C20H24N2O5/c1-13(16-11-15(25-3)9-10-18(16)26-4)21-20(24)12-27-19-8-6-5-7-17(19)22-14(2)23/h5-11,13H,12H2,1-4H3,(H,21,24)(H,22,23). The zero-order valence-electron chi connectivity index (χ0n) is 15.9. The van der Waals surface area contributed by atoms with Gasteiger partial charge in [0, 0.05) is 12.5 Å². The van der Waals surface area contributed by atoms with Crippen LogP contribution in [0.5, 0.6) is 17.2 Å². The predicted octanol–water partition coefficient (Wildman–Crippen LogP) is 2.92. The van der Waals surface area contributed by atoms with E-state index in [2.05, 4.69) is 10.6 Å². The van der Waals surface area contributed by atoms with Crippen LogP contribution in [0.2, 0.25) is 0 Å². The van der Waals surface area contributed by atoms with Crippen molar-refractivity contribution in [2.24, 2.45) is 0 Å². The minimum Gasteiger partial charge on any atom is -0.497 e. The first kappa shape index (κ1) is 20.1. The molecule has 27 heavy (non-hydrogen) atoms. The highest BCUT2D eigenvalue weighted by Gasteiger charge is 2.16. The molecule has 7 heteroatoms. The Bertz CT molecular complexity index is 807. The molecule has 2 aromatic rings. The van der Waals surface area contributed by atoms with E-state index in [1.165, 1.54) is 6.92 Å². The summed E-state index contributed by atoms with van der Waals surface area (Å²) < 4.78 is 16.1. The normalized spacial score (nSPS) is 11.3. The fraction of sp³-hybridized carbons (Fsp3) is 0.300. The number of carbonyl (C=O) groups is 2. The maximum Gasteiger partial charge on any atom is 0.258 e. The molecule has 2 amide bonds. The van der Waals surface area contributed by atoms with E-state index in [1.807, 2.05) is 13.0 Å². The molecule has 144 valence electrons. The summed E-state index contributed by atoms with van der Waals surface area (Å²) in [6.45, 7) is 3.07. The second-order valence-corrected chi connectivity index (χ2v) is 5.86. The average molecular weight is 372 g/mol. The number of hydrogen-bond acceptors (Lipinski definition) is 5. The van der Waals surface area contributed by atoms with Gasteiger partial charge >= 0.3 is 0 Å². The third-order valence-electron chi connectivity index (χ3n) is 3.84. The molecule has 0 fully saturated rings. The molecule has 2 aromatic carbocycles. The summed E-state index contributed by atoms with van der Waals surface area (Å²) in [4.78, 5) is 23.5. The van der Waals surface area contributed by atoms with Crippen molar-refractivity contribution in [3.05, 3.63) is 48.0 Å². The fourth-order valence-corrected chi connectivity index (χ4v) is 2.57. The minimum absolute atomic E-state index is 0.187. The topological polar surface area (TPSA) is 85.9 Å². The van der Waals surface area contributed by atoms with Crippen LogP contribution < -0.4 is 24.8 Å². The van der Waals surface area contributed by atoms with Crippen molar-refractivity contribution in [2.75, 3.05) is 26.1 Å². The summed E-state index contributed by atoms with van der Waals surface area (Å²) in [6.07, 6.45) is 0. The third kappa shape index (κ3) is 5.64. The van der Waals surface area contributed by atoms with Gasteiger partial charge in [-0.1, -0.05) is 12.1 Å². The number of hydrogen-bond donors (Lipinski definition) is 2. The highest BCUT2D eigenvalue weighted by molar-refractivity contribution is 5.90. The molecule has 2 N–H and O–H groups in total. The third-order valence-corrected chi connectivity index (χ3v) is 3.84. The van der Waals surface area contributed by atoms with Crippen molar-refractivity contribution in [2.45, 2.75) is 19.9 Å². The Hall–Kier alpha value is -3.22. The molecule has 1 atom stereocenters. The van der Waals surface area contributed by atoms with E-state index in [-0.39, 0.29) is 24.5 Å². The van der Waals surface area contributed by atoms with Crippen LogP contribution in [0.15, 0.2) is 42.5 Å². The Labute approximate surface area is 158 Å². The van der Waals surface area contributed by atoms with Crippen LogP contribution in [0.25, 0.3) is 0 Å². The van der Waals surface area contributed by atoms with Crippen LogP contribution in [-0.4, -0.2) is 32.6 Å². The molecule has 0 aromatic heterocycles. The fourth-order valence-electron chi connectivity index (χ4n) is 2.57. The van der Waals surface area contributed by atoms with Crippen molar-refractivity contribution in [3.8, 4) is 17.2 Å². The summed E-state index contributed by atoms with van der Waals surface area (Å²) >= 11 is 0. The zero-order chi connectivity index (χ0) is 19.8. The lowest BCUT2D eigenvalue weighted by Gasteiger charge is -2.18. The summed E-state index contributed by atoms with van der Waals surface area (Å²) in [5, 5.41) is 5.53. The number of benzene rings is 2. The van der Waals surface area contributed by atoms with E-state index in [1.54, 1.807) is 50.6 Å². The van der Waals surface area contributed by atoms with Gasteiger partial charge in [0.25, 0.3) is 5.91 Å². The molecule has 0 bridgehead atoms. The average Bonchev–Trinajstić information content (AvgIpc) is 2.66. The number of anilines is 1. The maximum atomic E-state index is 12.3. The van der Waals surface area contributed by atoms with Gasteiger partial charge in [-0.05, 0) is 37.3 Å². The van der Waals surface area contributed by atoms with E-state index >= 15 is 0 Å². The van der Waals surface area contributed by atoms with Gasteiger partial charge in [-0.2, -0.15) is 0 Å². The number of ether oxygens (including phenoxy) is 3. The second kappa shape index (κ2) is 9.47. The molecule has 1 unspecified atom stereocenters. The van der Waals surface area contributed by atoms with Gasteiger partial charge in [-0.3, -0.25) is 9.59 Å². The molecule has 2 rings (SSSR count).